The summed E-state index contributed by atoms with van der Waals surface area (Å²) in [6.45, 7) is 10.2. The third kappa shape index (κ3) is 4.41. The molecule has 1 saturated heterocycles. The lowest BCUT2D eigenvalue weighted by atomic mass is 10.0. The number of carbonyl (C=O) groups excluding carboxylic acids is 1. The Morgan fingerprint density at radius 2 is 2.09 bits per heavy atom. The van der Waals surface area contributed by atoms with Gasteiger partial charge in [-0.1, -0.05) is 25.2 Å². The highest BCUT2D eigenvalue weighted by molar-refractivity contribution is 7.07. The number of rotatable bonds is 6. The number of hydrogen-bond acceptors (Lipinski definition) is 5. The maximum Gasteiger partial charge on any atom is 0.307 e. The second-order valence-corrected chi connectivity index (χ2v) is 6.81. The van der Waals surface area contributed by atoms with Gasteiger partial charge in [0.1, 0.15) is 6.54 Å². The number of amides is 1. The van der Waals surface area contributed by atoms with Gasteiger partial charge in [-0.05, 0) is 12.8 Å². The van der Waals surface area contributed by atoms with Crippen molar-refractivity contribution in [2.45, 2.75) is 33.4 Å². The van der Waals surface area contributed by atoms with Gasteiger partial charge in [-0.3, -0.25) is 19.1 Å². The van der Waals surface area contributed by atoms with E-state index in [0.717, 1.165) is 43.3 Å². The number of nitrogens with zero attached hydrogens (tertiary/aromatic N) is 2. The molecule has 0 aliphatic carbocycles. The number of aromatic nitrogens is 1. The van der Waals surface area contributed by atoms with Gasteiger partial charge in [0.25, 0.3) is 0 Å². The molecule has 1 fully saturated rings. The van der Waals surface area contributed by atoms with E-state index in [0.29, 0.717) is 18.5 Å². The van der Waals surface area contributed by atoms with Gasteiger partial charge in [-0.2, -0.15) is 0 Å². The quantitative estimate of drug-likeness (QED) is 0.835. The molecule has 1 aromatic heterocycles. The maximum absolute atomic E-state index is 12.1. The van der Waals surface area contributed by atoms with E-state index < -0.39 is 0 Å². The summed E-state index contributed by atoms with van der Waals surface area (Å²) >= 11 is 1.13. The number of aryl methyl sites for hydroxylation is 1. The van der Waals surface area contributed by atoms with Crippen molar-refractivity contribution in [2.75, 3.05) is 32.8 Å². The van der Waals surface area contributed by atoms with Gasteiger partial charge in [0.2, 0.25) is 5.91 Å². The minimum absolute atomic E-state index is 0.0822. The Labute approximate surface area is 135 Å². The molecule has 1 unspecified atom stereocenters. The molecule has 22 heavy (non-hydrogen) atoms. The van der Waals surface area contributed by atoms with E-state index >= 15 is 0 Å². The Hall–Kier alpha value is -1.18. The molecule has 2 rings (SSSR count). The normalized spacial score (nSPS) is 17.6. The van der Waals surface area contributed by atoms with Crippen molar-refractivity contribution in [3.8, 4) is 0 Å². The lowest BCUT2D eigenvalue weighted by Gasteiger charge is -2.36. The van der Waals surface area contributed by atoms with E-state index in [1.54, 1.807) is 5.38 Å². The molecule has 0 spiro atoms. The van der Waals surface area contributed by atoms with Crippen molar-refractivity contribution in [1.82, 2.24) is 14.8 Å². The SMILES string of the molecule is Cc1csc(=O)n1CC(=O)NCC(C(C)C)N1CCOCC1. The van der Waals surface area contributed by atoms with Crippen LogP contribution in [0.25, 0.3) is 0 Å². The van der Waals surface area contributed by atoms with Crippen LogP contribution >= 0.6 is 11.3 Å². The molecule has 124 valence electrons. The van der Waals surface area contributed by atoms with Gasteiger partial charge in [0.05, 0.1) is 13.2 Å². The molecular formula is C15H25N3O3S. The summed E-state index contributed by atoms with van der Waals surface area (Å²) in [5.41, 5.74) is 0.832. The summed E-state index contributed by atoms with van der Waals surface area (Å²) in [6, 6.07) is 0.299. The highest BCUT2D eigenvalue weighted by atomic mass is 32.1. The van der Waals surface area contributed by atoms with Gasteiger partial charge < -0.3 is 10.1 Å². The summed E-state index contributed by atoms with van der Waals surface area (Å²) < 4.78 is 6.90. The highest BCUT2D eigenvalue weighted by Gasteiger charge is 2.24. The second kappa shape index (κ2) is 7.89. The summed E-state index contributed by atoms with van der Waals surface area (Å²) in [7, 11) is 0. The van der Waals surface area contributed by atoms with Crippen LogP contribution in [0.3, 0.4) is 0 Å². The Bertz CT molecular complexity index is 546. The Morgan fingerprint density at radius 3 is 2.64 bits per heavy atom. The summed E-state index contributed by atoms with van der Waals surface area (Å²) in [6.07, 6.45) is 0. The van der Waals surface area contributed by atoms with Crippen LogP contribution in [0.5, 0.6) is 0 Å². The highest BCUT2D eigenvalue weighted by Crippen LogP contribution is 2.12. The Morgan fingerprint density at radius 1 is 1.41 bits per heavy atom. The molecular weight excluding hydrogens is 302 g/mol. The zero-order chi connectivity index (χ0) is 16.1. The van der Waals surface area contributed by atoms with Crippen molar-refractivity contribution in [3.05, 3.63) is 20.7 Å². The molecule has 6 nitrogen and oxygen atoms in total. The fourth-order valence-corrected chi connectivity index (χ4v) is 3.44. The number of nitrogens with one attached hydrogen (secondary N) is 1. The fourth-order valence-electron chi connectivity index (χ4n) is 2.71. The van der Waals surface area contributed by atoms with Crippen molar-refractivity contribution < 1.29 is 9.53 Å². The van der Waals surface area contributed by atoms with Crippen molar-refractivity contribution >= 4 is 17.2 Å². The first-order valence-electron chi connectivity index (χ1n) is 7.72. The van der Waals surface area contributed by atoms with E-state index in [1.807, 2.05) is 6.92 Å². The van der Waals surface area contributed by atoms with Gasteiger partial charge in [0, 0.05) is 36.8 Å². The summed E-state index contributed by atoms with van der Waals surface area (Å²) in [4.78, 5) is 26.1. The largest absolute Gasteiger partial charge is 0.379 e. The Balaban J connectivity index is 1.89. The van der Waals surface area contributed by atoms with Gasteiger partial charge in [-0.15, -0.1) is 0 Å². The topological polar surface area (TPSA) is 63.6 Å². The Kier molecular flexibility index (Phi) is 6.16. The predicted octanol–water partition coefficient (Wildman–Crippen LogP) is 0.691. The van der Waals surface area contributed by atoms with Crippen LogP contribution < -0.4 is 10.2 Å². The monoisotopic (exact) mass is 327 g/mol. The minimum atomic E-state index is -0.109. The molecule has 7 heteroatoms. The van der Waals surface area contributed by atoms with Crippen molar-refractivity contribution in [1.29, 1.82) is 0 Å². The summed E-state index contributed by atoms with van der Waals surface area (Å²) in [5.74, 6) is 0.339. The van der Waals surface area contributed by atoms with Crippen LogP contribution in [0, 0.1) is 12.8 Å². The third-order valence-electron chi connectivity index (χ3n) is 4.07. The lowest BCUT2D eigenvalue weighted by molar-refractivity contribution is -0.122. The van der Waals surface area contributed by atoms with Crippen LogP contribution in [0.15, 0.2) is 10.2 Å². The number of ether oxygens (including phenoxy) is 1. The standard InChI is InChI=1S/C15H25N3O3S/c1-11(2)13(17-4-6-21-7-5-17)8-16-14(19)9-18-12(3)10-22-15(18)20/h10-11,13H,4-9H2,1-3H3,(H,16,19). The molecule has 1 aliphatic rings. The van der Waals surface area contributed by atoms with Crippen molar-refractivity contribution in [2.24, 2.45) is 5.92 Å². The van der Waals surface area contributed by atoms with E-state index in [9.17, 15) is 9.59 Å². The molecule has 1 amide bonds. The molecule has 1 aromatic rings. The fraction of sp³-hybridized carbons (Fsp3) is 0.733. The van der Waals surface area contributed by atoms with Crippen LogP contribution in [-0.4, -0.2) is 54.3 Å². The summed E-state index contributed by atoms with van der Waals surface area (Å²) in [5, 5.41) is 4.76. The first-order valence-corrected chi connectivity index (χ1v) is 8.60. The average Bonchev–Trinajstić information content (AvgIpc) is 2.80. The number of hydrogen-bond donors (Lipinski definition) is 1. The van der Waals surface area contributed by atoms with Crippen LogP contribution in [0.2, 0.25) is 0 Å². The van der Waals surface area contributed by atoms with Gasteiger partial charge in [0.15, 0.2) is 0 Å². The number of carbonyl (C=O) groups is 1. The molecule has 1 N–H and O–H groups in total. The second-order valence-electron chi connectivity index (χ2n) is 5.99. The van der Waals surface area contributed by atoms with Crippen LogP contribution in [0.1, 0.15) is 19.5 Å². The minimum Gasteiger partial charge on any atom is -0.379 e. The number of morpholine rings is 1. The molecule has 0 radical (unpaired) electrons. The van der Waals surface area contributed by atoms with E-state index in [-0.39, 0.29) is 17.3 Å². The first kappa shape index (κ1) is 17.2. The molecule has 2 heterocycles. The molecule has 0 bridgehead atoms. The van der Waals surface area contributed by atoms with E-state index in [4.69, 9.17) is 4.74 Å². The zero-order valence-electron chi connectivity index (χ0n) is 13.5. The van der Waals surface area contributed by atoms with Gasteiger partial charge >= 0.3 is 4.87 Å². The van der Waals surface area contributed by atoms with E-state index in [1.165, 1.54) is 4.57 Å². The first-order chi connectivity index (χ1) is 10.5. The van der Waals surface area contributed by atoms with Crippen molar-refractivity contribution in [3.63, 3.8) is 0 Å². The number of thiazole rings is 1. The molecule has 1 atom stereocenters. The average molecular weight is 327 g/mol. The van der Waals surface area contributed by atoms with Crippen LogP contribution in [0.4, 0.5) is 0 Å². The third-order valence-corrected chi connectivity index (χ3v) is 4.95. The molecule has 0 aromatic carbocycles. The predicted molar refractivity (Wildman–Crippen MR) is 87.3 cm³/mol. The smallest absolute Gasteiger partial charge is 0.307 e. The van der Waals surface area contributed by atoms with Gasteiger partial charge in [-0.25, -0.2) is 0 Å². The maximum atomic E-state index is 12.1. The van der Waals surface area contributed by atoms with E-state index in [2.05, 4.69) is 24.1 Å². The van der Waals surface area contributed by atoms with Crippen LogP contribution in [-0.2, 0) is 16.1 Å². The molecule has 1 aliphatic heterocycles. The zero-order valence-corrected chi connectivity index (χ0v) is 14.3. The lowest BCUT2D eigenvalue weighted by Crippen LogP contribution is -2.51. The molecule has 0 saturated carbocycles.